The van der Waals surface area contributed by atoms with E-state index in [1.807, 2.05) is 13.8 Å². The first-order valence-corrected chi connectivity index (χ1v) is 15.8. The van der Waals surface area contributed by atoms with Gasteiger partial charge in [0.15, 0.2) is 0 Å². The fourth-order valence-corrected chi connectivity index (χ4v) is 9.98. The zero-order valence-electron chi connectivity index (χ0n) is 24.9. The van der Waals surface area contributed by atoms with E-state index in [1.54, 1.807) is 0 Å². The van der Waals surface area contributed by atoms with Crippen molar-refractivity contribution in [3.8, 4) is 0 Å². The maximum Gasteiger partial charge on any atom is 0.305 e. The summed E-state index contributed by atoms with van der Waals surface area (Å²) in [5, 5.41) is 0. The molecular formula is C33H52O5. The van der Waals surface area contributed by atoms with Crippen molar-refractivity contribution in [2.45, 2.75) is 131 Å². The monoisotopic (exact) mass is 528 g/mol. The molecular weight excluding hydrogens is 476 g/mol. The van der Waals surface area contributed by atoms with Crippen LogP contribution in [0.1, 0.15) is 119 Å². The zero-order valence-corrected chi connectivity index (χ0v) is 24.9. The topological polar surface area (TPSA) is 61.8 Å². The van der Waals surface area contributed by atoms with Crippen LogP contribution in [0.5, 0.6) is 0 Å². The summed E-state index contributed by atoms with van der Waals surface area (Å²) in [5.41, 5.74) is 2.25. The summed E-state index contributed by atoms with van der Waals surface area (Å²) in [7, 11) is 0. The Labute approximate surface area is 230 Å². The van der Waals surface area contributed by atoms with Crippen molar-refractivity contribution in [2.24, 2.45) is 46.3 Å². The smallest absolute Gasteiger partial charge is 0.305 e. The standard InChI is InChI=1S/C33H52O5/c1-7-29(34)36-19-20(3)9-12-27-21(4)31-28(38-27)18-26-24-11-10-22-17-23(37-30(35)8-2)13-15-32(22,5)25(24)14-16-33(26,31)6/h20,22-26,28,31H,7-19H2,1-6H3/t20-,22+,23+,24+,25-,26+,28+,31-,32+,33+/m1/s1. The van der Waals surface area contributed by atoms with Crippen molar-refractivity contribution in [1.82, 2.24) is 0 Å². The number of hydrogen-bond acceptors (Lipinski definition) is 5. The van der Waals surface area contributed by atoms with E-state index < -0.39 is 0 Å². The molecule has 0 aromatic rings. The number of carbonyl (C=O) groups excluding carboxylic acids is 2. The quantitative estimate of drug-likeness (QED) is 0.303. The molecule has 5 nitrogen and oxygen atoms in total. The predicted molar refractivity (Wildman–Crippen MR) is 148 cm³/mol. The highest BCUT2D eigenvalue weighted by Crippen LogP contribution is 2.69. The van der Waals surface area contributed by atoms with Crippen molar-refractivity contribution < 1.29 is 23.8 Å². The molecule has 214 valence electrons. The van der Waals surface area contributed by atoms with Crippen LogP contribution in [0, 0.1) is 46.3 Å². The van der Waals surface area contributed by atoms with Gasteiger partial charge in [-0.05, 0) is 111 Å². The Kier molecular flexibility index (Phi) is 7.97. The molecule has 0 bridgehead atoms. The van der Waals surface area contributed by atoms with Gasteiger partial charge in [-0.1, -0.05) is 34.6 Å². The van der Waals surface area contributed by atoms with Crippen LogP contribution in [-0.4, -0.2) is 30.8 Å². The molecule has 10 atom stereocenters. The lowest BCUT2D eigenvalue weighted by atomic mass is 9.44. The third kappa shape index (κ3) is 4.83. The van der Waals surface area contributed by atoms with E-state index in [4.69, 9.17) is 14.2 Å². The third-order valence-corrected chi connectivity index (χ3v) is 12.1. The van der Waals surface area contributed by atoms with Crippen molar-refractivity contribution in [3.63, 3.8) is 0 Å². The molecule has 4 aliphatic carbocycles. The lowest BCUT2D eigenvalue weighted by Gasteiger charge is -2.61. The number of allylic oxidation sites excluding steroid dienone is 1. The lowest BCUT2D eigenvalue weighted by Crippen LogP contribution is -2.54. The van der Waals surface area contributed by atoms with Gasteiger partial charge in [-0.3, -0.25) is 9.59 Å². The molecule has 0 spiro atoms. The molecule has 5 rings (SSSR count). The van der Waals surface area contributed by atoms with Gasteiger partial charge in [0.1, 0.15) is 12.2 Å². The van der Waals surface area contributed by atoms with E-state index in [0.29, 0.717) is 54.1 Å². The van der Waals surface area contributed by atoms with E-state index in [-0.39, 0.29) is 18.0 Å². The first-order valence-electron chi connectivity index (χ1n) is 15.8. The minimum absolute atomic E-state index is 0.0320. The molecule has 4 fully saturated rings. The van der Waals surface area contributed by atoms with Gasteiger partial charge < -0.3 is 14.2 Å². The molecule has 0 unspecified atom stereocenters. The number of carbonyl (C=O) groups is 2. The highest BCUT2D eigenvalue weighted by Gasteiger charge is 2.64. The minimum Gasteiger partial charge on any atom is -0.494 e. The second kappa shape index (κ2) is 10.8. The second-order valence-electron chi connectivity index (χ2n) is 14.1. The van der Waals surface area contributed by atoms with Gasteiger partial charge >= 0.3 is 11.9 Å². The first kappa shape index (κ1) is 28.0. The van der Waals surface area contributed by atoms with Gasteiger partial charge in [0.05, 0.1) is 12.4 Å². The van der Waals surface area contributed by atoms with Crippen molar-refractivity contribution >= 4 is 11.9 Å². The molecule has 38 heavy (non-hydrogen) atoms. The molecule has 0 amide bonds. The Morgan fingerprint density at radius 3 is 2.45 bits per heavy atom. The summed E-state index contributed by atoms with van der Waals surface area (Å²) in [5.74, 6) is 5.07. The molecule has 1 heterocycles. The van der Waals surface area contributed by atoms with Crippen molar-refractivity contribution in [2.75, 3.05) is 6.61 Å². The van der Waals surface area contributed by atoms with E-state index >= 15 is 0 Å². The van der Waals surface area contributed by atoms with Crippen LogP contribution in [0.3, 0.4) is 0 Å². The molecule has 0 aromatic heterocycles. The summed E-state index contributed by atoms with van der Waals surface area (Å²) in [4.78, 5) is 23.5. The lowest BCUT2D eigenvalue weighted by molar-refractivity contribution is -0.161. The summed E-state index contributed by atoms with van der Waals surface area (Å²) < 4.78 is 17.9. The summed E-state index contributed by atoms with van der Waals surface area (Å²) in [6.45, 7) is 13.9. The van der Waals surface area contributed by atoms with Crippen LogP contribution >= 0.6 is 0 Å². The number of rotatable bonds is 8. The molecule has 4 saturated carbocycles. The van der Waals surface area contributed by atoms with E-state index in [1.165, 1.54) is 49.9 Å². The first-order chi connectivity index (χ1) is 18.1. The molecule has 0 N–H and O–H groups in total. The van der Waals surface area contributed by atoms with Gasteiger partial charge in [0, 0.05) is 25.2 Å². The Bertz CT molecular complexity index is 940. The largest absolute Gasteiger partial charge is 0.494 e. The molecule has 5 heteroatoms. The van der Waals surface area contributed by atoms with Gasteiger partial charge in [-0.15, -0.1) is 0 Å². The maximum absolute atomic E-state index is 11.9. The average molecular weight is 529 g/mol. The number of ether oxygens (including phenoxy) is 3. The van der Waals surface area contributed by atoms with Gasteiger partial charge in [-0.2, -0.15) is 0 Å². The van der Waals surface area contributed by atoms with Crippen molar-refractivity contribution in [3.05, 3.63) is 11.3 Å². The van der Waals surface area contributed by atoms with E-state index in [0.717, 1.165) is 43.4 Å². The van der Waals surface area contributed by atoms with Crippen LogP contribution in [0.25, 0.3) is 0 Å². The fourth-order valence-electron chi connectivity index (χ4n) is 9.98. The SMILES string of the molecule is CCC(=O)OC[C@H](C)CCC1=C(C)[C@@H]2[C@H](C[C@H]3[C@H]4CC[C@H]5C[C@@H](OC(=O)CC)CC[C@]5(C)[C@@H]4CC[C@]23C)O1. The highest BCUT2D eigenvalue weighted by atomic mass is 16.5. The van der Waals surface area contributed by atoms with E-state index in [9.17, 15) is 9.59 Å². The number of fused-ring (bicyclic) bond motifs is 7. The average Bonchev–Trinajstić information content (AvgIpc) is 3.38. The van der Waals surface area contributed by atoms with Crippen LogP contribution in [0.2, 0.25) is 0 Å². The summed E-state index contributed by atoms with van der Waals surface area (Å²) in [6.07, 6.45) is 13.2. The maximum atomic E-state index is 11.9. The number of esters is 2. The van der Waals surface area contributed by atoms with Crippen LogP contribution in [-0.2, 0) is 23.8 Å². The summed E-state index contributed by atoms with van der Waals surface area (Å²) >= 11 is 0. The third-order valence-electron chi connectivity index (χ3n) is 12.1. The Morgan fingerprint density at radius 1 is 0.974 bits per heavy atom. The Morgan fingerprint density at radius 2 is 1.71 bits per heavy atom. The van der Waals surface area contributed by atoms with E-state index in [2.05, 4.69) is 27.7 Å². The van der Waals surface area contributed by atoms with Gasteiger partial charge in [0.2, 0.25) is 0 Å². The predicted octanol–water partition coefficient (Wildman–Crippen LogP) is 7.62. The second-order valence-corrected chi connectivity index (χ2v) is 14.1. The normalized spacial score (nSPS) is 42.3. The van der Waals surface area contributed by atoms with Crippen molar-refractivity contribution in [1.29, 1.82) is 0 Å². The zero-order chi connectivity index (χ0) is 27.2. The van der Waals surface area contributed by atoms with Gasteiger partial charge in [0.25, 0.3) is 0 Å². The molecule has 0 radical (unpaired) electrons. The van der Waals surface area contributed by atoms with Gasteiger partial charge in [-0.25, -0.2) is 0 Å². The Balaban J connectivity index is 1.23. The highest BCUT2D eigenvalue weighted by molar-refractivity contribution is 5.69. The Hall–Kier alpha value is -1.52. The molecule has 0 saturated heterocycles. The summed E-state index contributed by atoms with van der Waals surface area (Å²) in [6, 6.07) is 0. The van der Waals surface area contributed by atoms with Crippen LogP contribution < -0.4 is 0 Å². The molecule has 0 aromatic carbocycles. The number of hydrogen-bond donors (Lipinski definition) is 0. The minimum atomic E-state index is -0.107. The van der Waals surface area contributed by atoms with Crippen LogP contribution in [0.4, 0.5) is 0 Å². The van der Waals surface area contributed by atoms with Crippen LogP contribution in [0.15, 0.2) is 11.3 Å². The molecule has 1 aliphatic heterocycles. The fraction of sp³-hybridized carbons (Fsp3) is 0.879. The molecule has 5 aliphatic rings.